The van der Waals surface area contributed by atoms with Gasteiger partial charge in [-0.2, -0.15) is 0 Å². The van der Waals surface area contributed by atoms with Crippen LogP contribution < -0.4 is 15.4 Å². The quantitative estimate of drug-likeness (QED) is 0.323. The van der Waals surface area contributed by atoms with Gasteiger partial charge in [-0.25, -0.2) is 0 Å². The highest BCUT2D eigenvalue weighted by atomic mass is 127. The van der Waals surface area contributed by atoms with Crippen LogP contribution in [0.25, 0.3) is 0 Å². The molecule has 2 N–H and O–H groups in total. The molecule has 0 atom stereocenters. The molecule has 1 saturated heterocycles. The molecule has 1 aromatic carbocycles. The Bertz CT molecular complexity index is 618. The lowest BCUT2D eigenvalue weighted by Gasteiger charge is -2.26. The predicted octanol–water partition coefficient (Wildman–Crippen LogP) is 1.92. The molecule has 0 aromatic heterocycles. The summed E-state index contributed by atoms with van der Waals surface area (Å²) in [7, 11) is 5.22. The van der Waals surface area contributed by atoms with Gasteiger partial charge in [-0.1, -0.05) is 18.6 Å². The Hall–Kier alpha value is -1.55. The second kappa shape index (κ2) is 13.6. The van der Waals surface area contributed by atoms with Gasteiger partial charge in [0, 0.05) is 40.8 Å². The molecule has 0 saturated carbocycles. The van der Waals surface area contributed by atoms with E-state index in [0.717, 1.165) is 24.6 Å². The van der Waals surface area contributed by atoms with Gasteiger partial charge < -0.3 is 25.2 Å². The Labute approximate surface area is 185 Å². The highest BCUT2D eigenvalue weighted by Crippen LogP contribution is 2.13. The van der Waals surface area contributed by atoms with E-state index in [2.05, 4.69) is 20.5 Å². The average Bonchev–Trinajstić information content (AvgIpc) is 2.69. The Kier molecular flexibility index (Phi) is 11.9. The van der Waals surface area contributed by atoms with Crippen molar-refractivity contribution in [3.05, 3.63) is 29.8 Å². The van der Waals surface area contributed by atoms with E-state index in [4.69, 9.17) is 4.74 Å². The number of piperidine rings is 1. The molecule has 7 nitrogen and oxygen atoms in total. The number of nitrogens with one attached hydrogen (secondary N) is 2. The number of nitrogens with zero attached hydrogens (tertiary/aromatic N) is 3. The van der Waals surface area contributed by atoms with Crippen LogP contribution in [0.2, 0.25) is 0 Å². The molecule has 0 aliphatic carbocycles. The third-order valence-electron chi connectivity index (χ3n) is 4.61. The largest absolute Gasteiger partial charge is 0.484 e. The predicted molar refractivity (Wildman–Crippen MR) is 125 cm³/mol. The maximum atomic E-state index is 11.6. The van der Waals surface area contributed by atoms with E-state index in [1.54, 1.807) is 21.1 Å². The molecular weight excluding hydrogens is 469 g/mol. The number of ether oxygens (including phenoxy) is 1. The topological polar surface area (TPSA) is 69.2 Å². The normalized spacial score (nSPS) is 14.8. The first-order valence-corrected chi connectivity index (χ1v) is 9.67. The zero-order chi connectivity index (χ0) is 19.5. The molecule has 28 heavy (non-hydrogen) atoms. The third kappa shape index (κ3) is 9.09. The number of carbonyl (C=O) groups is 1. The minimum absolute atomic E-state index is 0. The van der Waals surface area contributed by atoms with Crippen LogP contribution in [0.5, 0.6) is 5.75 Å². The number of carbonyl (C=O) groups excluding carboxylic acids is 1. The van der Waals surface area contributed by atoms with Crippen molar-refractivity contribution >= 4 is 35.8 Å². The van der Waals surface area contributed by atoms with E-state index >= 15 is 0 Å². The van der Waals surface area contributed by atoms with Crippen molar-refractivity contribution in [1.29, 1.82) is 0 Å². The van der Waals surface area contributed by atoms with E-state index in [1.807, 2.05) is 24.3 Å². The van der Waals surface area contributed by atoms with Crippen LogP contribution >= 0.6 is 24.0 Å². The fraction of sp³-hybridized carbons (Fsp3) is 0.600. The van der Waals surface area contributed by atoms with Crippen LogP contribution in [0, 0.1) is 0 Å². The van der Waals surface area contributed by atoms with E-state index in [9.17, 15) is 4.79 Å². The van der Waals surface area contributed by atoms with E-state index in [0.29, 0.717) is 12.3 Å². The van der Waals surface area contributed by atoms with Crippen molar-refractivity contribution in [3.8, 4) is 5.75 Å². The summed E-state index contributed by atoms with van der Waals surface area (Å²) < 4.78 is 5.56. The SMILES string of the molecule is CN=C(NCCN1CCCCC1)NCc1cccc(OCC(=O)N(C)C)c1.I. The number of likely N-dealkylation sites (N-methyl/N-ethyl adjacent to an activating group) is 1. The van der Waals surface area contributed by atoms with Crippen molar-refractivity contribution < 1.29 is 9.53 Å². The Morgan fingerprint density at radius 3 is 2.64 bits per heavy atom. The molecule has 0 radical (unpaired) electrons. The van der Waals surface area contributed by atoms with Crippen LogP contribution in [-0.2, 0) is 11.3 Å². The first kappa shape index (κ1) is 24.5. The standard InChI is InChI=1S/C20H33N5O2.HI/c1-21-20(22-10-13-25-11-5-4-6-12-25)23-15-17-8-7-9-18(14-17)27-16-19(26)24(2)3;/h7-9,14H,4-6,10-13,15-16H2,1-3H3,(H2,21,22,23);1H. The molecular formula is C20H34IN5O2. The smallest absolute Gasteiger partial charge is 0.259 e. The molecule has 0 unspecified atom stereocenters. The number of hydrogen-bond donors (Lipinski definition) is 2. The number of guanidine groups is 1. The summed E-state index contributed by atoms with van der Waals surface area (Å²) in [6.07, 6.45) is 3.98. The van der Waals surface area contributed by atoms with Crippen LogP contribution in [-0.4, -0.2) is 75.6 Å². The Morgan fingerprint density at radius 2 is 1.96 bits per heavy atom. The highest BCUT2D eigenvalue weighted by molar-refractivity contribution is 14.0. The summed E-state index contributed by atoms with van der Waals surface area (Å²) in [4.78, 5) is 19.9. The van der Waals surface area contributed by atoms with Gasteiger partial charge in [-0.3, -0.25) is 9.79 Å². The van der Waals surface area contributed by atoms with Crippen LogP contribution in [0.4, 0.5) is 0 Å². The summed E-state index contributed by atoms with van der Waals surface area (Å²) >= 11 is 0. The monoisotopic (exact) mass is 503 g/mol. The molecule has 1 aliphatic heterocycles. The van der Waals surface area contributed by atoms with E-state index in [-0.39, 0.29) is 36.5 Å². The van der Waals surface area contributed by atoms with Crippen molar-refractivity contribution in [2.45, 2.75) is 25.8 Å². The van der Waals surface area contributed by atoms with Gasteiger partial charge in [0.05, 0.1) is 0 Å². The molecule has 0 bridgehead atoms. The van der Waals surface area contributed by atoms with Crippen molar-refractivity contribution in [3.63, 3.8) is 0 Å². The number of benzene rings is 1. The van der Waals surface area contributed by atoms with Gasteiger partial charge in [-0.15, -0.1) is 24.0 Å². The highest BCUT2D eigenvalue weighted by Gasteiger charge is 2.09. The number of rotatable bonds is 8. The molecule has 0 spiro atoms. The summed E-state index contributed by atoms with van der Waals surface area (Å²) in [5.74, 6) is 1.43. The maximum Gasteiger partial charge on any atom is 0.259 e. The number of halogens is 1. The summed E-state index contributed by atoms with van der Waals surface area (Å²) in [6.45, 7) is 5.03. The lowest BCUT2D eigenvalue weighted by atomic mass is 10.1. The van der Waals surface area contributed by atoms with Crippen LogP contribution in [0.15, 0.2) is 29.3 Å². The molecule has 8 heteroatoms. The van der Waals surface area contributed by atoms with Gasteiger partial charge in [0.1, 0.15) is 5.75 Å². The lowest BCUT2D eigenvalue weighted by molar-refractivity contribution is -0.130. The zero-order valence-electron chi connectivity index (χ0n) is 17.2. The molecule has 1 aliphatic rings. The average molecular weight is 503 g/mol. The zero-order valence-corrected chi connectivity index (χ0v) is 19.6. The maximum absolute atomic E-state index is 11.6. The number of hydrogen-bond acceptors (Lipinski definition) is 4. The van der Waals surface area contributed by atoms with Gasteiger partial charge in [-0.05, 0) is 43.6 Å². The van der Waals surface area contributed by atoms with Crippen LogP contribution in [0.1, 0.15) is 24.8 Å². The minimum atomic E-state index is -0.0585. The molecule has 1 amide bonds. The third-order valence-corrected chi connectivity index (χ3v) is 4.61. The Morgan fingerprint density at radius 1 is 1.21 bits per heavy atom. The van der Waals surface area contributed by atoms with E-state index in [1.165, 1.54) is 37.3 Å². The fourth-order valence-electron chi connectivity index (χ4n) is 2.94. The number of aliphatic imine (C=N–C) groups is 1. The van der Waals surface area contributed by atoms with Crippen molar-refractivity contribution in [2.75, 3.05) is 53.9 Å². The van der Waals surface area contributed by atoms with Gasteiger partial charge in [0.2, 0.25) is 0 Å². The van der Waals surface area contributed by atoms with Crippen LogP contribution in [0.3, 0.4) is 0 Å². The van der Waals surface area contributed by atoms with Gasteiger partial charge >= 0.3 is 0 Å². The van der Waals surface area contributed by atoms with Gasteiger partial charge in [0.25, 0.3) is 5.91 Å². The van der Waals surface area contributed by atoms with Crippen molar-refractivity contribution in [1.82, 2.24) is 20.4 Å². The number of amides is 1. The molecule has 1 heterocycles. The first-order valence-electron chi connectivity index (χ1n) is 9.67. The molecule has 1 aromatic rings. The number of likely N-dealkylation sites (tertiary alicyclic amines) is 1. The fourth-order valence-corrected chi connectivity index (χ4v) is 2.94. The van der Waals surface area contributed by atoms with E-state index < -0.39 is 0 Å². The van der Waals surface area contributed by atoms with Crippen molar-refractivity contribution in [2.24, 2.45) is 4.99 Å². The second-order valence-electron chi connectivity index (χ2n) is 6.98. The first-order chi connectivity index (χ1) is 13.1. The summed E-state index contributed by atoms with van der Waals surface area (Å²) in [5.41, 5.74) is 1.07. The van der Waals surface area contributed by atoms with Gasteiger partial charge in [0.15, 0.2) is 12.6 Å². The molecule has 2 rings (SSSR count). The lowest BCUT2D eigenvalue weighted by Crippen LogP contribution is -2.42. The summed E-state index contributed by atoms with van der Waals surface area (Å²) in [6, 6.07) is 7.75. The molecule has 1 fully saturated rings. The molecule has 158 valence electrons. The minimum Gasteiger partial charge on any atom is -0.484 e. The second-order valence-corrected chi connectivity index (χ2v) is 6.98. The summed E-state index contributed by atoms with van der Waals surface area (Å²) in [5, 5.41) is 6.69. The Balaban J connectivity index is 0.00000392.